The first kappa shape index (κ1) is 6.55. The van der Waals surface area contributed by atoms with Crippen LogP contribution in [0.25, 0.3) is 0 Å². The summed E-state index contributed by atoms with van der Waals surface area (Å²) in [6.07, 6.45) is 3.55. The van der Waals surface area contributed by atoms with E-state index in [4.69, 9.17) is 0 Å². The highest BCUT2D eigenvalue weighted by molar-refractivity contribution is 9.10. The van der Waals surface area contributed by atoms with E-state index in [2.05, 4.69) is 27.6 Å². The summed E-state index contributed by atoms with van der Waals surface area (Å²) in [7, 11) is 0. The molecule has 9 heavy (non-hydrogen) atoms. The molecule has 3 heteroatoms. The molecule has 0 fully saturated rings. The number of aromatic nitrogens is 2. The van der Waals surface area contributed by atoms with Crippen LogP contribution in [0, 0.1) is 0 Å². The lowest BCUT2D eigenvalue weighted by Gasteiger charge is -1.94. The smallest absolute Gasteiger partial charge is 0.104 e. The Morgan fingerprint density at radius 3 is 3.11 bits per heavy atom. The average molecular weight is 187 g/mol. The van der Waals surface area contributed by atoms with E-state index in [1.54, 1.807) is 12.3 Å². The van der Waals surface area contributed by atoms with Crippen LogP contribution in [0.1, 0.15) is 0 Å². The van der Waals surface area contributed by atoms with E-state index in [0.29, 0.717) is 0 Å². The normalized spacial score (nSPS) is 9.44. The van der Waals surface area contributed by atoms with Gasteiger partial charge in [0.25, 0.3) is 0 Å². The van der Waals surface area contributed by atoms with Crippen molar-refractivity contribution in [3.05, 3.63) is 29.5 Å². The largest absolute Gasteiger partial charge is 0.255 e. The van der Waals surface area contributed by atoms with E-state index < -0.39 is 0 Å². The molecule has 0 spiro atoms. The number of hydrogen-bond donors (Lipinski definition) is 0. The maximum atomic E-state index is 4.00. The summed E-state index contributed by atoms with van der Waals surface area (Å²) >= 11 is 3.32. The maximum absolute atomic E-state index is 4.00. The summed E-state index contributed by atoms with van der Waals surface area (Å²) in [6, 6.07) is 1.89. The Morgan fingerprint density at radius 1 is 1.89 bits per heavy atom. The van der Waals surface area contributed by atoms with Gasteiger partial charge in [-0.25, -0.2) is 0 Å². The lowest BCUT2D eigenvalue weighted by molar-refractivity contribution is 0.687. The molecule has 0 aliphatic carbocycles. The van der Waals surface area contributed by atoms with Gasteiger partial charge >= 0.3 is 0 Å². The molecule has 0 saturated heterocycles. The second-order valence-electron chi connectivity index (χ2n) is 1.62. The first-order chi connectivity index (χ1) is 4.34. The molecule has 0 aliphatic rings. The van der Waals surface area contributed by atoms with Gasteiger partial charge in [-0.1, -0.05) is 6.08 Å². The van der Waals surface area contributed by atoms with Crippen LogP contribution in [0.2, 0.25) is 0 Å². The number of nitrogens with zero attached hydrogens (tertiary/aromatic N) is 2. The summed E-state index contributed by atoms with van der Waals surface area (Å²) in [5.41, 5.74) is 0. The molecular formula is C6H7BrN2. The van der Waals surface area contributed by atoms with Gasteiger partial charge in [0.2, 0.25) is 0 Å². The second kappa shape index (κ2) is 2.82. The van der Waals surface area contributed by atoms with E-state index in [0.717, 1.165) is 11.1 Å². The molecule has 1 heterocycles. The lowest BCUT2D eigenvalue weighted by Crippen LogP contribution is -1.95. The van der Waals surface area contributed by atoms with Crippen molar-refractivity contribution in [3.8, 4) is 0 Å². The molecule has 0 atom stereocenters. The molecule has 0 aromatic carbocycles. The Kier molecular flexibility index (Phi) is 2.05. The monoisotopic (exact) mass is 186 g/mol. The molecule has 1 rings (SSSR count). The van der Waals surface area contributed by atoms with Gasteiger partial charge in [0.1, 0.15) is 4.60 Å². The highest BCUT2D eigenvalue weighted by atomic mass is 79.9. The first-order valence-electron chi connectivity index (χ1n) is 2.63. The standard InChI is InChI=1S/C6H7BrN2/c1-2-5-9-6(7)3-4-8-9/h2-4H,1,5H2. The first-order valence-corrected chi connectivity index (χ1v) is 3.42. The summed E-state index contributed by atoms with van der Waals surface area (Å²) in [5, 5.41) is 4.00. The third kappa shape index (κ3) is 1.42. The van der Waals surface area contributed by atoms with Crippen LogP contribution in [0.4, 0.5) is 0 Å². The third-order valence-corrected chi connectivity index (χ3v) is 1.64. The topological polar surface area (TPSA) is 17.8 Å². The summed E-state index contributed by atoms with van der Waals surface area (Å²) in [4.78, 5) is 0. The third-order valence-electron chi connectivity index (χ3n) is 0.967. The second-order valence-corrected chi connectivity index (χ2v) is 2.44. The SMILES string of the molecule is C=CCn1nccc1Br. The van der Waals surface area contributed by atoms with Crippen molar-refractivity contribution in [1.82, 2.24) is 9.78 Å². The predicted octanol–water partition coefficient (Wildman–Crippen LogP) is 1.83. The molecule has 1 aromatic rings. The van der Waals surface area contributed by atoms with Crippen molar-refractivity contribution in [2.75, 3.05) is 0 Å². The lowest BCUT2D eigenvalue weighted by atomic mass is 10.6. The van der Waals surface area contributed by atoms with E-state index >= 15 is 0 Å². The Balaban J connectivity index is 2.80. The molecule has 0 bridgehead atoms. The van der Waals surface area contributed by atoms with Crippen LogP contribution < -0.4 is 0 Å². The fourth-order valence-corrected chi connectivity index (χ4v) is 0.928. The summed E-state index contributed by atoms with van der Waals surface area (Å²) < 4.78 is 2.80. The quantitative estimate of drug-likeness (QED) is 0.645. The zero-order valence-electron chi connectivity index (χ0n) is 4.92. The molecule has 0 amide bonds. The van der Waals surface area contributed by atoms with Crippen molar-refractivity contribution < 1.29 is 0 Å². The predicted molar refractivity (Wildman–Crippen MR) is 40.1 cm³/mol. The van der Waals surface area contributed by atoms with Gasteiger partial charge in [0.05, 0.1) is 12.7 Å². The minimum Gasteiger partial charge on any atom is -0.255 e. The summed E-state index contributed by atoms with van der Waals surface area (Å²) in [6.45, 7) is 4.35. The van der Waals surface area contributed by atoms with Crippen molar-refractivity contribution in [3.63, 3.8) is 0 Å². The van der Waals surface area contributed by atoms with Crippen LogP contribution in [0.5, 0.6) is 0 Å². The molecule has 0 unspecified atom stereocenters. The zero-order chi connectivity index (χ0) is 6.69. The van der Waals surface area contributed by atoms with Gasteiger partial charge in [-0.3, -0.25) is 4.68 Å². The number of allylic oxidation sites excluding steroid dienone is 1. The molecule has 0 N–H and O–H groups in total. The minimum absolute atomic E-state index is 0.758. The molecule has 0 saturated carbocycles. The van der Waals surface area contributed by atoms with Gasteiger partial charge in [-0.2, -0.15) is 5.10 Å². The highest BCUT2D eigenvalue weighted by Crippen LogP contribution is 2.06. The number of rotatable bonds is 2. The number of hydrogen-bond acceptors (Lipinski definition) is 1. The van der Waals surface area contributed by atoms with Crippen LogP contribution in [0.3, 0.4) is 0 Å². The average Bonchev–Trinajstić information content (AvgIpc) is 2.18. The Labute approximate surface area is 62.3 Å². The molecular weight excluding hydrogens is 180 g/mol. The minimum atomic E-state index is 0.758. The maximum Gasteiger partial charge on any atom is 0.104 e. The Bertz CT molecular complexity index is 205. The number of halogens is 1. The van der Waals surface area contributed by atoms with Crippen LogP contribution in [0.15, 0.2) is 29.5 Å². The van der Waals surface area contributed by atoms with Gasteiger partial charge < -0.3 is 0 Å². The Hall–Kier alpha value is -0.570. The van der Waals surface area contributed by atoms with Gasteiger partial charge in [0, 0.05) is 0 Å². The van der Waals surface area contributed by atoms with E-state index in [9.17, 15) is 0 Å². The van der Waals surface area contributed by atoms with E-state index in [-0.39, 0.29) is 0 Å². The van der Waals surface area contributed by atoms with Crippen molar-refractivity contribution in [1.29, 1.82) is 0 Å². The Morgan fingerprint density at radius 2 is 2.67 bits per heavy atom. The van der Waals surface area contributed by atoms with E-state index in [1.165, 1.54) is 0 Å². The zero-order valence-corrected chi connectivity index (χ0v) is 6.50. The van der Waals surface area contributed by atoms with Gasteiger partial charge in [-0.15, -0.1) is 6.58 Å². The molecule has 48 valence electrons. The molecule has 1 aromatic heterocycles. The highest BCUT2D eigenvalue weighted by Gasteiger charge is 1.92. The van der Waals surface area contributed by atoms with Gasteiger partial charge in [0.15, 0.2) is 0 Å². The van der Waals surface area contributed by atoms with Crippen LogP contribution in [-0.2, 0) is 6.54 Å². The van der Waals surface area contributed by atoms with Crippen molar-refractivity contribution in [2.24, 2.45) is 0 Å². The van der Waals surface area contributed by atoms with Crippen molar-refractivity contribution >= 4 is 15.9 Å². The van der Waals surface area contributed by atoms with Crippen LogP contribution in [-0.4, -0.2) is 9.78 Å². The van der Waals surface area contributed by atoms with E-state index in [1.807, 2.05) is 10.7 Å². The van der Waals surface area contributed by atoms with Gasteiger partial charge in [-0.05, 0) is 22.0 Å². The molecule has 0 aliphatic heterocycles. The van der Waals surface area contributed by atoms with Crippen LogP contribution >= 0.6 is 15.9 Å². The fraction of sp³-hybridized carbons (Fsp3) is 0.167. The fourth-order valence-electron chi connectivity index (χ4n) is 0.573. The summed E-state index contributed by atoms with van der Waals surface area (Å²) in [5.74, 6) is 0. The molecule has 0 radical (unpaired) electrons. The molecule has 2 nitrogen and oxygen atoms in total. The van der Waals surface area contributed by atoms with Crippen molar-refractivity contribution in [2.45, 2.75) is 6.54 Å².